The lowest BCUT2D eigenvalue weighted by molar-refractivity contribution is -0.0385. The Kier molecular flexibility index (Phi) is 3.34. The maximum absolute atomic E-state index is 11.5. The topological polar surface area (TPSA) is 61.8 Å². The molecule has 0 saturated carbocycles. The number of β-amino-alcohol motifs (C(OH)–C–C–N with tert-alkyl or cyclic N) is 1. The second-order valence-corrected chi connectivity index (χ2v) is 4.36. The number of aliphatic hydroxyl groups excluding tert-OH is 1. The third kappa shape index (κ3) is 3.16. The number of hydrogen-bond acceptors (Lipinski definition) is 4. The predicted molar refractivity (Wildman–Crippen MR) is 51.8 cm³/mol. The van der Waals surface area contributed by atoms with E-state index < -0.39 is 17.9 Å². The van der Waals surface area contributed by atoms with Gasteiger partial charge in [-0.15, -0.1) is 0 Å². The minimum Gasteiger partial charge on any atom is -0.444 e. The molecule has 1 saturated heterocycles. The van der Waals surface area contributed by atoms with Gasteiger partial charge in [0.1, 0.15) is 11.8 Å². The minimum atomic E-state index is -0.779. The van der Waals surface area contributed by atoms with Crippen molar-refractivity contribution in [2.24, 2.45) is 0 Å². The van der Waals surface area contributed by atoms with Gasteiger partial charge in [0.25, 0.3) is 0 Å². The molecule has 1 fully saturated rings. The van der Waals surface area contributed by atoms with E-state index in [2.05, 4.69) is 5.32 Å². The molecule has 0 bridgehead atoms. The van der Waals surface area contributed by atoms with Gasteiger partial charge in [0, 0.05) is 19.6 Å². The quantitative estimate of drug-likeness (QED) is 0.587. The third-order valence-electron chi connectivity index (χ3n) is 1.84. The fourth-order valence-corrected chi connectivity index (χ4v) is 1.22. The van der Waals surface area contributed by atoms with Crippen LogP contribution in [0.1, 0.15) is 20.8 Å². The van der Waals surface area contributed by atoms with E-state index in [0.29, 0.717) is 19.6 Å². The van der Waals surface area contributed by atoms with Crippen LogP contribution in [-0.2, 0) is 4.74 Å². The van der Waals surface area contributed by atoms with Crippen LogP contribution in [0.4, 0.5) is 4.79 Å². The lowest BCUT2D eigenvalue weighted by Gasteiger charge is -2.34. The molecule has 1 aliphatic heterocycles. The van der Waals surface area contributed by atoms with Crippen molar-refractivity contribution < 1.29 is 14.6 Å². The van der Waals surface area contributed by atoms with Crippen LogP contribution in [0.5, 0.6) is 0 Å². The summed E-state index contributed by atoms with van der Waals surface area (Å²) in [6.07, 6.45) is -1.23. The van der Waals surface area contributed by atoms with Crippen LogP contribution in [0.25, 0.3) is 0 Å². The maximum atomic E-state index is 11.5. The molecule has 0 radical (unpaired) electrons. The first-order valence-corrected chi connectivity index (χ1v) is 4.78. The fourth-order valence-electron chi connectivity index (χ4n) is 1.22. The molecule has 0 unspecified atom stereocenters. The number of aliphatic hydroxyl groups is 1. The molecular formula is C9H18N2O3. The van der Waals surface area contributed by atoms with Gasteiger partial charge in [0.15, 0.2) is 0 Å². The van der Waals surface area contributed by atoms with Crippen molar-refractivity contribution in [3.05, 3.63) is 0 Å². The third-order valence-corrected chi connectivity index (χ3v) is 1.84. The summed E-state index contributed by atoms with van der Waals surface area (Å²) in [5.74, 6) is 0. The highest BCUT2D eigenvalue weighted by molar-refractivity contribution is 5.68. The van der Waals surface area contributed by atoms with Gasteiger partial charge in [-0.3, -0.25) is 4.90 Å². The lowest BCUT2D eigenvalue weighted by atomic mass is 10.2. The summed E-state index contributed by atoms with van der Waals surface area (Å²) in [5.41, 5.74) is -0.512. The molecule has 5 heteroatoms. The Morgan fingerprint density at radius 2 is 2.21 bits per heavy atom. The Morgan fingerprint density at radius 3 is 2.71 bits per heavy atom. The number of ether oxygens (including phenoxy) is 1. The van der Waals surface area contributed by atoms with Gasteiger partial charge in [-0.05, 0) is 20.8 Å². The number of piperazine rings is 1. The fraction of sp³-hybridized carbons (Fsp3) is 0.889. The molecule has 2 N–H and O–H groups in total. The van der Waals surface area contributed by atoms with Crippen molar-refractivity contribution >= 4 is 6.09 Å². The summed E-state index contributed by atoms with van der Waals surface area (Å²) in [5, 5.41) is 12.5. The maximum Gasteiger partial charge on any atom is 0.412 e. The highest BCUT2D eigenvalue weighted by Gasteiger charge is 2.28. The number of nitrogens with zero attached hydrogens (tertiary/aromatic N) is 1. The summed E-state index contributed by atoms with van der Waals surface area (Å²) >= 11 is 0. The highest BCUT2D eigenvalue weighted by atomic mass is 16.6. The molecule has 1 heterocycles. The molecule has 82 valence electrons. The van der Waals surface area contributed by atoms with E-state index >= 15 is 0 Å². The normalized spacial score (nSPS) is 23.4. The molecular weight excluding hydrogens is 184 g/mol. The van der Waals surface area contributed by atoms with Crippen molar-refractivity contribution in [2.45, 2.75) is 32.6 Å². The van der Waals surface area contributed by atoms with Gasteiger partial charge < -0.3 is 15.2 Å². The molecule has 1 amide bonds. The second kappa shape index (κ2) is 4.14. The van der Waals surface area contributed by atoms with E-state index in [1.54, 1.807) is 20.8 Å². The monoisotopic (exact) mass is 202 g/mol. The zero-order valence-corrected chi connectivity index (χ0v) is 8.91. The zero-order valence-electron chi connectivity index (χ0n) is 8.91. The molecule has 5 nitrogen and oxygen atoms in total. The Morgan fingerprint density at radius 1 is 1.57 bits per heavy atom. The van der Waals surface area contributed by atoms with Gasteiger partial charge in [0.2, 0.25) is 0 Å². The highest BCUT2D eigenvalue weighted by Crippen LogP contribution is 2.11. The van der Waals surface area contributed by atoms with Crippen molar-refractivity contribution in [1.29, 1.82) is 0 Å². The Labute approximate surface area is 84.0 Å². The molecule has 0 spiro atoms. The first kappa shape index (κ1) is 11.3. The number of amides is 1. The molecule has 0 aromatic rings. The smallest absolute Gasteiger partial charge is 0.412 e. The van der Waals surface area contributed by atoms with Gasteiger partial charge in [-0.1, -0.05) is 0 Å². The molecule has 1 atom stereocenters. The summed E-state index contributed by atoms with van der Waals surface area (Å²) < 4.78 is 5.15. The van der Waals surface area contributed by atoms with Gasteiger partial charge >= 0.3 is 6.09 Å². The number of nitrogens with one attached hydrogen (secondary N) is 1. The van der Waals surface area contributed by atoms with E-state index in [0.717, 1.165) is 0 Å². The van der Waals surface area contributed by atoms with Crippen LogP contribution in [0.2, 0.25) is 0 Å². The average Bonchev–Trinajstić information content (AvgIpc) is 2.01. The minimum absolute atomic E-state index is 0.402. The zero-order chi connectivity index (χ0) is 10.8. The van der Waals surface area contributed by atoms with Crippen LogP contribution >= 0.6 is 0 Å². The van der Waals surface area contributed by atoms with Gasteiger partial charge in [-0.25, -0.2) is 4.79 Å². The van der Waals surface area contributed by atoms with E-state index in [-0.39, 0.29) is 0 Å². The molecule has 1 aliphatic rings. The molecule has 0 aromatic carbocycles. The summed E-state index contributed by atoms with van der Waals surface area (Å²) in [6.45, 7) is 6.99. The van der Waals surface area contributed by atoms with Crippen LogP contribution in [0.3, 0.4) is 0 Å². The number of rotatable bonds is 0. The summed E-state index contributed by atoms with van der Waals surface area (Å²) in [7, 11) is 0. The molecule has 14 heavy (non-hydrogen) atoms. The van der Waals surface area contributed by atoms with Crippen molar-refractivity contribution in [3.8, 4) is 0 Å². The van der Waals surface area contributed by atoms with E-state index in [1.165, 1.54) is 4.90 Å². The van der Waals surface area contributed by atoms with Crippen molar-refractivity contribution in [1.82, 2.24) is 10.2 Å². The van der Waals surface area contributed by atoms with Crippen LogP contribution in [-0.4, -0.2) is 47.6 Å². The largest absolute Gasteiger partial charge is 0.444 e. The van der Waals surface area contributed by atoms with Crippen molar-refractivity contribution in [3.63, 3.8) is 0 Å². The van der Waals surface area contributed by atoms with Gasteiger partial charge in [0.05, 0.1) is 0 Å². The van der Waals surface area contributed by atoms with Crippen LogP contribution < -0.4 is 5.32 Å². The van der Waals surface area contributed by atoms with E-state index in [1.807, 2.05) is 0 Å². The van der Waals surface area contributed by atoms with Crippen LogP contribution in [0.15, 0.2) is 0 Å². The summed E-state index contributed by atoms with van der Waals surface area (Å²) in [4.78, 5) is 12.9. The standard InChI is InChI=1S/C9H18N2O3/c1-9(2,3)14-8(13)11-5-4-10-6-7(11)12/h7,10,12H,4-6H2,1-3H3/t7-/m1/s1. The first-order chi connectivity index (χ1) is 6.40. The molecule has 0 aromatic heterocycles. The Bertz CT molecular complexity index is 213. The van der Waals surface area contributed by atoms with Crippen LogP contribution in [0, 0.1) is 0 Å². The Balaban J connectivity index is 2.50. The lowest BCUT2D eigenvalue weighted by Crippen LogP contribution is -2.54. The Hall–Kier alpha value is -0.810. The molecule has 1 rings (SSSR count). The summed E-state index contributed by atoms with van der Waals surface area (Å²) in [6, 6.07) is 0. The number of carbonyl (C=O) groups is 1. The number of carbonyl (C=O) groups excluding carboxylic acids is 1. The average molecular weight is 202 g/mol. The number of hydrogen-bond donors (Lipinski definition) is 2. The first-order valence-electron chi connectivity index (χ1n) is 4.78. The SMILES string of the molecule is CC(C)(C)OC(=O)N1CCNC[C@H]1O. The molecule has 0 aliphatic carbocycles. The van der Waals surface area contributed by atoms with Crippen molar-refractivity contribution in [2.75, 3.05) is 19.6 Å². The van der Waals surface area contributed by atoms with E-state index in [4.69, 9.17) is 4.74 Å². The predicted octanol–water partition coefficient (Wildman–Crippen LogP) is 0.145. The second-order valence-electron chi connectivity index (χ2n) is 4.36. The van der Waals surface area contributed by atoms with E-state index in [9.17, 15) is 9.90 Å². The van der Waals surface area contributed by atoms with Gasteiger partial charge in [-0.2, -0.15) is 0 Å².